The van der Waals surface area contributed by atoms with Gasteiger partial charge in [-0.15, -0.1) is 0 Å². The molecule has 0 rings (SSSR count). The predicted molar refractivity (Wildman–Crippen MR) is 164 cm³/mol. The molecule has 39 heavy (non-hydrogen) atoms. The van der Waals surface area contributed by atoms with E-state index >= 15 is 0 Å². The van der Waals surface area contributed by atoms with Gasteiger partial charge in [-0.05, 0) is 38.5 Å². The normalized spacial score (nSPS) is 12.2. The van der Waals surface area contributed by atoms with Crippen LogP contribution in [0.3, 0.4) is 0 Å². The van der Waals surface area contributed by atoms with Crippen molar-refractivity contribution in [3.8, 4) is 0 Å². The van der Waals surface area contributed by atoms with Crippen LogP contribution in [0.5, 0.6) is 0 Å². The van der Waals surface area contributed by atoms with E-state index in [1.54, 1.807) is 0 Å². The average molecular weight is 553 g/mol. The van der Waals surface area contributed by atoms with Gasteiger partial charge in [-0.25, -0.2) is 0 Å². The van der Waals surface area contributed by atoms with E-state index in [1.165, 1.54) is 109 Å². The van der Waals surface area contributed by atoms with Crippen LogP contribution in [0, 0.1) is 0 Å². The molecule has 0 aromatic carbocycles. The second-order valence-corrected chi connectivity index (χ2v) is 11.2. The molecular formula is C34H64O5. The second kappa shape index (κ2) is 31.2. The van der Waals surface area contributed by atoms with Crippen molar-refractivity contribution in [2.24, 2.45) is 0 Å². The maximum absolute atomic E-state index is 12.1. The van der Waals surface area contributed by atoms with E-state index in [0.717, 1.165) is 38.5 Å². The van der Waals surface area contributed by atoms with Crippen LogP contribution in [0.1, 0.15) is 174 Å². The number of unbranched alkanes of at least 4 members (excludes halogenated alkanes) is 20. The number of esters is 2. The molecule has 0 saturated carbocycles. The van der Waals surface area contributed by atoms with Crippen LogP contribution in [0.2, 0.25) is 0 Å². The first kappa shape index (κ1) is 37.6. The second-order valence-electron chi connectivity index (χ2n) is 11.2. The van der Waals surface area contributed by atoms with Gasteiger partial charge in [-0.1, -0.05) is 135 Å². The first-order chi connectivity index (χ1) is 19.1. The van der Waals surface area contributed by atoms with Crippen LogP contribution in [0.4, 0.5) is 0 Å². The molecule has 1 unspecified atom stereocenters. The highest BCUT2D eigenvalue weighted by Crippen LogP contribution is 2.13. The van der Waals surface area contributed by atoms with Crippen molar-refractivity contribution in [1.29, 1.82) is 0 Å². The zero-order valence-corrected chi connectivity index (χ0v) is 25.9. The predicted octanol–water partition coefficient (Wildman–Crippen LogP) is 9.78. The third-order valence-corrected chi connectivity index (χ3v) is 7.31. The van der Waals surface area contributed by atoms with Gasteiger partial charge < -0.3 is 14.6 Å². The molecular weight excluding hydrogens is 488 g/mol. The molecule has 0 aliphatic rings. The minimum Gasteiger partial charge on any atom is -0.462 e. The summed E-state index contributed by atoms with van der Waals surface area (Å²) in [5.74, 6) is -0.599. The molecule has 0 heterocycles. The number of hydrogen-bond donors (Lipinski definition) is 1. The quantitative estimate of drug-likeness (QED) is 0.0545. The number of aliphatic hydroxyl groups is 1. The Labute approximate surface area is 241 Å². The molecule has 1 N–H and O–H groups in total. The summed E-state index contributed by atoms with van der Waals surface area (Å²) >= 11 is 0. The zero-order chi connectivity index (χ0) is 28.7. The van der Waals surface area contributed by atoms with Gasteiger partial charge in [0.15, 0.2) is 6.10 Å². The lowest BCUT2D eigenvalue weighted by molar-refractivity contribution is -0.161. The van der Waals surface area contributed by atoms with E-state index < -0.39 is 6.10 Å². The van der Waals surface area contributed by atoms with Gasteiger partial charge in [0.05, 0.1) is 6.61 Å². The molecule has 0 amide bonds. The zero-order valence-electron chi connectivity index (χ0n) is 25.9. The minimum atomic E-state index is -0.762. The van der Waals surface area contributed by atoms with Crippen molar-refractivity contribution in [2.75, 3.05) is 13.2 Å². The van der Waals surface area contributed by atoms with Gasteiger partial charge >= 0.3 is 11.9 Å². The molecule has 1 atom stereocenters. The molecule has 0 bridgehead atoms. The maximum atomic E-state index is 12.1. The van der Waals surface area contributed by atoms with Gasteiger partial charge in [-0.2, -0.15) is 0 Å². The highest BCUT2D eigenvalue weighted by atomic mass is 16.6. The minimum absolute atomic E-state index is 0.0631. The fourth-order valence-corrected chi connectivity index (χ4v) is 4.72. The van der Waals surface area contributed by atoms with Crippen molar-refractivity contribution >= 4 is 11.9 Å². The standard InChI is InChI=1S/C34H64O5/c1-3-5-7-9-11-12-13-14-15-16-17-18-19-20-21-22-23-25-27-29-34(37)39-32(30-35)31-38-33(36)28-26-24-10-8-6-4-2/h14-15,32,35H,3-13,16-31H2,1-2H3/b15-14-. The summed E-state index contributed by atoms with van der Waals surface area (Å²) in [6.07, 6.45) is 32.9. The highest BCUT2D eigenvalue weighted by molar-refractivity contribution is 5.70. The van der Waals surface area contributed by atoms with Gasteiger partial charge in [0.1, 0.15) is 6.61 Å². The van der Waals surface area contributed by atoms with Crippen LogP contribution in [-0.4, -0.2) is 36.4 Å². The molecule has 0 aromatic rings. The Hall–Kier alpha value is -1.36. The Morgan fingerprint density at radius 3 is 1.38 bits per heavy atom. The van der Waals surface area contributed by atoms with Crippen molar-refractivity contribution in [2.45, 2.75) is 180 Å². The van der Waals surface area contributed by atoms with E-state index in [-0.39, 0.29) is 25.2 Å². The Balaban J connectivity index is 3.50. The van der Waals surface area contributed by atoms with Crippen LogP contribution in [-0.2, 0) is 19.1 Å². The molecule has 5 heteroatoms. The SMILES string of the molecule is CCCCCCCC/C=C\CCCCCCCCCCCC(=O)OC(CO)COC(=O)CCCCCCCC. The average Bonchev–Trinajstić information content (AvgIpc) is 2.94. The molecule has 0 fully saturated rings. The molecule has 0 aliphatic heterocycles. The number of aliphatic hydroxyl groups excluding tert-OH is 1. The van der Waals surface area contributed by atoms with Crippen LogP contribution in [0.25, 0.3) is 0 Å². The summed E-state index contributed by atoms with van der Waals surface area (Å²) in [6.45, 7) is 4.06. The number of hydrogen-bond acceptors (Lipinski definition) is 5. The van der Waals surface area contributed by atoms with Crippen molar-refractivity contribution in [3.63, 3.8) is 0 Å². The van der Waals surface area contributed by atoms with Gasteiger partial charge in [-0.3, -0.25) is 9.59 Å². The number of carbonyl (C=O) groups is 2. The lowest BCUT2D eigenvalue weighted by Crippen LogP contribution is -2.28. The molecule has 0 saturated heterocycles. The van der Waals surface area contributed by atoms with E-state index in [1.807, 2.05) is 0 Å². The van der Waals surface area contributed by atoms with Crippen molar-refractivity contribution in [1.82, 2.24) is 0 Å². The summed E-state index contributed by atoms with van der Waals surface area (Å²) < 4.78 is 10.5. The lowest BCUT2D eigenvalue weighted by atomic mass is 10.1. The lowest BCUT2D eigenvalue weighted by Gasteiger charge is -2.15. The van der Waals surface area contributed by atoms with E-state index in [9.17, 15) is 14.7 Å². The number of rotatable bonds is 30. The molecule has 0 aliphatic carbocycles. The summed E-state index contributed by atoms with van der Waals surface area (Å²) in [7, 11) is 0. The highest BCUT2D eigenvalue weighted by Gasteiger charge is 2.16. The summed E-state index contributed by atoms with van der Waals surface area (Å²) in [5.41, 5.74) is 0. The Morgan fingerprint density at radius 1 is 0.564 bits per heavy atom. The van der Waals surface area contributed by atoms with Gasteiger partial charge in [0.25, 0.3) is 0 Å². The van der Waals surface area contributed by atoms with E-state index in [0.29, 0.717) is 12.8 Å². The number of ether oxygens (including phenoxy) is 2. The first-order valence-electron chi connectivity index (χ1n) is 16.7. The van der Waals surface area contributed by atoms with Crippen molar-refractivity contribution in [3.05, 3.63) is 12.2 Å². The van der Waals surface area contributed by atoms with Gasteiger partial charge in [0, 0.05) is 12.8 Å². The van der Waals surface area contributed by atoms with E-state index in [4.69, 9.17) is 9.47 Å². The van der Waals surface area contributed by atoms with Crippen LogP contribution >= 0.6 is 0 Å². The third-order valence-electron chi connectivity index (χ3n) is 7.31. The topological polar surface area (TPSA) is 72.8 Å². The summed E-state index contributed by atoms with van der Waals surface area (Å²) in [6, 6.07) is 0. The molecule has 230 valence electrons. The fourth-order valence-electron chi connectivity index (χ4n) is 4.72. The molecule has 0 aromatic heterocycles. The number of allylic oxidation sites excluding steroid dienone is 2. The monoisotopic (exact) mass is 552 g/mol. The van der Waals surface area contributed by atoms with Crippen LogP contribution in [0.15, 0.2) is 12.2 Å². The Morgan fingerprint density at radius 2 is 0.949 bits per heavy atom. The largest absolute Gasteiger partial charge is 0.462 e. The Bertz CT molecular complexity index is 560. The molecule has 0 spiro atoms. The van der Waals surface area contributed by atoms with E-state index in [2.05, 4.69) is 26.0 Å². The summed E-state index contributed by atoms with van der Waals surface area (Å²) in [4.78, 5) is 23.9. The molecule has 5 nitrogen and oxygen atoms in total. The number of carbonyl (C=O) groups excluding carboxylic acids is 2. The Kier molecular flexibility index (Phi) is 30.1. The molecule has 0 radical (unpaired) electrons. The van der Waals surface area contributed by atoms with Crippen molar-refractivity contribution < 1.29 is 24.2 Å². The van der Waals surface area contributed by atoms with Gasteiger partial charge in [0.2, 0.25) is 0 Å². The summed E-state index contributed by atoms with van der Waals surface area (Å²) in [5, 5.41) is 9.45. The van der Waals surface area contributed by atoms with Crippen LogP contribution < -0.4 is 0 Å². The smallest absolute Gasteiger partial charge is 0.306 e. The maximum Gasteiger partial charge on any atom is 0.306 e. The third kappa shape index (κ3) is 29.4. The fraction of sp³-hybridized carbons (Fsp3) is 0.882. The first-order valence-corrected chi connectivity index (χ1v) is 16.7.